The standard InChI is InChI=1S/C10H12F3NO2S/c1-7-4-5-8(10(11,12)13)6-9(7)17(15,16)14(2)3/h4-6H,1-3H3. The quantitative estimate of drug-likeness (QED) is 0.824. The summed E-state index contributed by atoms with van der Waals surface area (Å²) in [7, 11) is -1.31. The molecule has 0 aliphatic heterocycles. The number of halogens is 3. The Labute approximate surface area is 97.9 Å². The van der Waals surface area contributed by atoms with Crippen molar-refractivity contribution in [3.63, 3.8) is 0 Å². The van der Waals surface area contributed by atoms with Gasteiger partial charge in [-0.1, -0.05) is 6.07 Å². The van der Waals surface area contributed by atoms with Gasteiger partial charge in [-0.15, -0.1) is 0 Å². The van der Waals surface area contributed by atoms with Crippen LogP contribution in [-0.2, 0) is 16.2 Å². The second kappa shape index (κ2) is 4.30. The Kier molecular flexibility index (Phi) is 3.54. The van der Waals surface area contributed by atoms with E-state index in [0.29, 0.717) is 6.07 Å². The van der Waals surface area contributed by atoms with Crippen LogP contribution in [0.4, 0.5) is 13.2 Å². The van der Waals surface area contributed by atoms with Crippen molar-refractivity contribution >= 4 is 10.0 Å². The number of rotatable bonds is 2. The molecule has 0 aliphatic rings. The number of hydrogen-bond donors (Lipinski definition) is 0. The minimum atomic E-state index is -4.55. The van der Waals surface area contributed by atoms with Gasteiger partial charge in [0, 0.05) is 14.1 Å². The van der Waals surface area contributed by atoms with Crippen LogP contribution in [0.5, 0.6) is 0 Å². The van der Waals surface area contributed by atoms with Gasteiger partial charge in [0.15, 0.2) is 0 Å². The fourth-order valence-corrected chi connectivity index (χ4v) is 2.40. The molecule has 1 aromatic carbocycles. The highest BCUT2D eigenvalue weighted by Gasteiger charge is 2.32. The molecule has 0 atom stereocenters. The molecule has 1 aromatic rings. The SMILES string of the molecule is Cc1ccc(C(F)(F)F)cc1S(=O)(=O)N(C)C. The van der Waals surface area contributed by atoms with E-state index >= 15 is 0 Å². The Balaban J connectivity index is 3.46. The first-order valence-electron chi connectivity index (χ1n) is 4.67. The van der Waals surface area contributed by atoms with E-state index < -0.39 is 21.8 Å². The third kappa shape index (κ3) is 2.78. The highest BCUT2D eigenvalue weighted by Crippen LogP contribution is 2.32. The van der Waals surface area contributed by atoms with Crippen molar-refractivity contribution in [3.8, 4) is 0 Å². The number of hydrogen-bond acceptors (Lipinski definition) is 2. The van der Waals surface area contributed by atoms with Crippen molar-refractivity contribution in [1.82, 2.24) is 4.31 Å². The lowest BCUT2D eigenvalue weighted by molar-refractivity contribution is -0.137. The molecule has 0 bridgehead atoms. The van der Waals surface area contributed by atoms with Crippen LogP contribution in [-0.4, -0.2) is 26.8 Å². The largest absolute Gasteiger partial charge is 0.416 e. The molecule has 0 heterocycles. The van der Waals surface area contributed by atoms with Gasteiger partial charge in [0.2, 0.25) is 10.0 Å². The molecule has 0 fully saturated rings. The molecule has 0 saturated heterocycles. The van der Waals surface area contributed by atoms with Crippen molar-refractivity contribution < 1.29 is 21.6 Å². The molecular formula is C10H12F3NO2S. The molecule has 3 nitrogen and oxygen atoms in total. The van der Waals surface area contributed by atoms with Gasteiger partial charge in [0.05, 0.1) is 10.5 Å². The molecule has 0 radical (unpaired) electrons. The van der Waals surface area contributed by atoms with Gasteiger partial charge in [-0.3, -0.25) is 0 Å². The summed E-state index contributed by atoms with van der Waals surface area (Å²) in [5.41, 5.74) is -0.685. The number of aryl methyl sites for hydroxylation is 1. The van der Waals surface area contributed by atoms with Crippen molar-refractivity contribution in [1.29, 1.82) is 0 Å². The third-order valence-corrected chi connectivity index (χ3v) is 4.23. The highest BCUT2D eigenvalue weighted by atomic mass is 32.2. The molecule has 17 heavy (non-hydrogen) atoms. The number of alkyl halides is 3. The fourth-order valence-electron chi connectivity index (χ4n) is 1.25. The molecule has 0 amide bonds. The van der Waals surface area contributed by atoms with Gasteiger partial charge in [-0.2, -0.15) is 13.2 Å². The van der Waals surface area contributed by atoms with Crippen LogP contribution in [0.25, 0.3) is 0 Å². The second-order valence-corrected chi connectivity index (χ2v) is 5.89. The van der Waals surface area contributed by atoms with E-state index in [1.54, 1.807) is 0 Å². The zero-order chi connectivity index (χ0) is 13.4. The lowest BCUT2D eigenvalue weighted by atomic mass is 10.1. The average Bonchev–Trinajstić information content (AvgIpc) is 2.15. The van der Waals surface area contributed by atoms with Crippen LogP contribution >= 0.6 is 0 Å². The van der Waals surface area contributed by atoms with E-state index in [1.807, 2.05) is 0 Å². The van der Waals surface area contributed by atoms with Crippen molar-refractivity contribution in [2.24, 2.45) is 0 Å². The summed E-state index contributed by atoms with van der Waals surface area (Å²) in [4.78, 5) is -0.322. The maximum atomic E-state index is 12.5. The Morgan fingerprint density at radius 1 is 1.18 bits per heavy atom. The number of nitrogens with zero attached hydrogens (tertiary/aromatic N) is 1. The lowest BCUT2D eigenvalue weighted by Crippen LogP contribution is -2.23. The van der Waals surface area contributed by atoms with Crippen LogP contribution < -0.4 is 0 Å². The van der Waals surface area contributed by atoms with Gasteiger partial charge in [0.25, 0.3) is 0 Å². The fraction of sp³-hybridized carbons (Fsp3) is 0.400. The topological polar surface area (TPSA) is 37.4 Å². The molecular weight excluding hydrogens is 255 g/mol. The van der Waals surface area contributed by atoms with Crippen LogP contribution in [0.1, 0.15) is 11.1 Å². The maximum absolute atomic E-state index is 12.5. The first-order chi connectivity index (χ1) is 7.56. The summed E-state index contributed by atoms with van der Waals surface area (Å²) >= 11 is 0. The smallest absolute Gasteiger partial charge is 0.207 e. The first kappa shape index (κ1) is 14.0. The molecule has 0 spiro atoms. The summed E-state index contributed by atoms with van der Waals surface area (Å²) in [5.74, 6) is 0. The van der Waals surface area contributed by atoms with E-state index in [9.17, 15) is 21.6 Å². The van der Waals surface area contributed by atoms with Crippen LogP contribution in [0.15, 0.2) is 23.1 Å². The molecule has 7 heteroatoms. The maximum Gasteiger partial charge on any atom is 0.416 e. The van der Waals surface area contributed by atoms with Gasteiger partial charge < -0.3 is 0 Å². The molecule has 0 N–H and O–H groups in total. The Morgan fingerprint density at radius 3 is 2.12 bits per heavy atom. The Hall–Kier alpha value is -1.08. The van der Waals surface area contributed by atoms with E-state index in [2.05, 4.69) is 0 Å². The summed E-state index contributed by atoms with van der Waals surface area (Å²) < 4.78 is 61.9. The second-order valence-electron chi connectivity index (χ2n) is 3.77. The molecule has 0 aliphatic carbocycles. The van der Waals surface area contributed by atoms with Gasteiger partial charge in [0.1, 0.15) is 0 Å². The summed E-state index contributed by atoms with van der Waals surface area (Å²) in [6.07, 6.45) is -4.55. The van der Waals surface area contributed by atoms with E-state index in [4.69, 9.17) is 0 Å². The monoisotopic (exact) mass is 267 g/mol. The molecule has 96 valence electrons. The predicted molar refractivity (Wildman–Crippen MR) is 57.1 cm³/mol. The summed E-state index contributed by atoms with van der Waals surface area (Å²) in [6.45, 7) is 1.45. The minimum absolute atomic E-state index is 0.284. The summed E-state index contributed by atoms with van der Waals surface area (Å²) in [6, 6.07) is 2.67. The first-order valence-corrected chi connectivity index (χ1v) is 6.11. The molecule has 1 rings (SSSR count). The summed E-state index contributed by atoms with van der Waals surface area (Å²) in [5, 5.41) is 0. The van der Waals surface area contributed by atoms with Crippen molar-refractivity contribution in [2.45, 2.75) is 18.0 Å². The zero-order valence-electron chi connectivity index (χ0n) is 9.54. The highest BCUT2D eigenvalue weighted by molar-refractivity contribution is 7.89. The molecule has 0 aromatic heterocycles. The van der Waals surface area contributed by atoms with E-state index in [-0.39, 0.29) is 10.5 Å². The number of sulfonamides is 1. The van der Waals surface area contributed by atoms with Gasteiger partial charge in [-0.25, -0.2) is 12.7 Å². The molecule has 0 saturated carbocycles. The zero-order valence-corrected chi connectivity index (χ0v) is 10.4. The van der Waals surface area contributed by atoms with E-state index in [1.165, 1.54) is 21.0 Å². The van der Waals surface area contributed by atoms with Crippen LogP contribution in [0.3, 0.4) is 0 Å². The van der Waals surface area contributed by atoms with E-state index in [0.717, 1.165) is 16.4 Å². The van der Waals surface area contributed by atoms with Crippen LogP contribution in [0.2, 0.25) is 0 Å². The predicted octanol–water partition coefficient (Wildman–Crippen LogP) is 2.26. The number of benzene rings is 1. The molecule has 0 unspecified atom stereocenters. The minimum Gasteiger partial charge on any atom is -0.207 e. The van der Waals surface area contributed by atoms with Gasteiger partial charge >= 0.3 is 6.18 Å². The Morgan fingerprint density at radius 2 is 1.71 bits per heavy atom. The van der Waals surface area contributed by atoms with Gasteiger partial charge in [-0.05, 0) is 24.6 Å². The normalized spacial score (nSPS) is 13.1. The average molecular weight is 267 g/mol. The van der Waals surface area contributed by atoms with Crippen molar-refractivity contribution in [2.75, 3.05) is 14.1 Å². The Bertz CT molecular complexity index is 521. The van der Waals surface area contributed by atoms with Crippen molar-refractivity contribution in [3.05, 3.63) is 29.3 Å². The third-order valence-electron chi connectivity index (χ3n) is 2.27. The lowest BCUT2D eigenvalue weighted by Gasteiger charge is -2.15. The van der Waals surface area contributed by atoms with Crippen LogP contribution in [0, 0.1) is 6.92 Å².